The summed E-state index contributed by atoms with van der Waals surface area (Å²) < 4.78 is 58.5. The highest BCUT2D eigenvalue weighted by Gasteiger charge is 2.25. The second-order valence-corrected chi connectivity index (χ2v) is 11.3. The number of rotatable bonds is 14. The average Bonchev–Trinajstić information content (AvgIpc) is 3.72. The maximum atomic E-state index is 13.2. The Hall–Kier alpha value is -1.01. The van der Waals surface area contributed by atoms with Crippen molar-refractivity contribution in [3.63, 3.8) is 0 Å². The third kappa shape index (κ3) is 7.50. The first-order valence-corrected chi connectivity index (χ1v) is 13.6. The van der Waals surface area contributed by atoms with Crippen molar-refractivity contribution in [2.75, 3.05) is 52.9 Å². The molecule has 0 aromatic heterocycles. The van der Waals surface area contributed by atoms with Crippen molar-refractivity contribution in [2.24, 2.45) is 0 Å². The van der Waals surface area contributed by atoms with Gasteiger partial charge in [-0.05, 0) is 24.3 Å². The summed E-state index contributed by atoms with van der Waals surface area (Å²) in [6, 6.07) is 5.02. The molecule has 0 N–H and O–H groups in total. The highest BCUT2D eigenvalue weighted by Crippen LogP contribution is 2.40. The number of ether oxygens (including phenoxy) is 6. The van der Waals surface area contributed by atoms with Crippen LogP contribution in [-0.4, -0.2) is 73.5 Å². The Morgan fingerprint density at radius 3 is 1.34 bits per heavy atom. The number of halogens is 4. The van der Waals surface area contributed by atoms with Crippen LogP contribution in [0.25, 0.3) is 0 Å². The van der Waals surface area contributed by atoms with Crippen LogP contribution in [0.3, 0.4) is 0 Å². The van der Waals surface area contributed by atoms with Crippen LogP contribution in [-0.2, 0) is 28.8 Å². The van der Waals surface area contributed by atoms with Crippen LogP contribution >= 0.6 is 46.4 Å². The van der Waals surface area contributed by atoms with Gasteiger partial charge in [0.25, 0.3) is 0 Å². The number of benzene rings is 2. The molecular formula is C22H22Cl4O8S. The zero-order valence-electron chi connectivity index (χ0n) is 18.3. The highest BCUT2D eigenvalue weighted by atomic mass is 35.5. The van der Waals surface area contributed by atoms with E-state index in [-0.39, 0.29) is 66.8 Å². The molecule has 35 heavy (non-hydrogen) atoms. The van der Waals surface area contributed by atoms with Crippen molar-refractivity contribution in [1.82, 2.24) is 0 Å². The first-order chi connectivity index (χ1) is 16.8. The summed E-state index contributed by atoms with van der Waals surface area (Å²) in [5, 5.41) is 0.149. The van der Waals surface area contributed by atoms with E-state index in [2.05, 4.69) is 0 Å². The lowest BCUT2D eigenvalue weighted by molar-refractivity contribution is 0.0879. The van der Waals surface area contributed by atoms with Gasteiger partial charge in [-0.2, -0.15) is 0 Å². The number of epoxide rings is 2. The maximum Gasteiger partial charge on any atom is 0.206 e. The van der Waals surface area contributed by atoms with Crippen molar-refractivity contribution < 1.29 is 36.8 Å². The molecule has 13 heteroatoms. The number of hydrogen-bond donors (Lipinski definition) is 0. The maximum absolute atomic E-state index is 13.2. The van der Waals surface area contributed by atoms with Gasteiger partial charge in [0, 0.05) is 0 Å². The molecule has 2 fully saturated rings. The average molecular weight is 588 g/mol. The van der Waals surface area contributed by atoms with Gasteiger partial charge in [-0.1, -0.05) is 46.4 Å². The lowest BCUT2D eigenvalue weighted by atomic mass is 10.3. The molecule has 0 aliphatic carbocycles. The van der Waals surface area contributed by atoms with E-state index in [0.29, 0.717) is 39.6 Å². The van der Waals surface area contributed by atoms with Crippen LogP contribution in [0.5, 0.6) is 11.5 Å². The summed E-state index contributed by atoms with van der Waals surface area (Å²) in [6.45, 7) is 3.35. The van der Waals surface area contributed by atoms with E-state index >= 15 is 0 Å². The van der Waals surface area contributed by atoms with Gasteiger partial charge in [0.2, 0.25) is 9.84 Å². The molecule has 2 atom stereocenters. The molecule has 0 amide bonds. The molecule has 2 aliphatic heterocycles. The van der Waals surface area contributed by atoms with E-state index in [4.69, 9.17) is 74.8 Å². The molecule has 2 aromatic carbocycles. The third-order valence-electron chi connectivity index (χ3n) is 4.92. The van der Waals surface area contributed by atoms with E-state index in [1.807, 2.05) is 0 Å². The van der Waals surface area contributed by atoms with Gasteiger partial charge >= 0.3 is 0 Å². The minimum Gasteiger partial charge on any atom is -0.488 e. The SMILES string of the molecule is O=S(=O)(c1cc(Cl)c(OCCOCC2CO2)c(Cl)c1)c1cc(Cl)c(OCCOCC2CO2)c(Cl)c1. The molecule has 0 saturated carbocycles. The van der Waals surface area contributed by atoms with E-state index in [0.717, 1.165) is 0 Å². The van der Waals surface area contributed by atoms with Gasteiger partial charge < -0.3 is 28.4 Å². The first-order valence-electron chi connectivity index (χ1n) is 10.6. The summed E-state index contributed by atoms with van der Waals surface area (Å²) >= 11 is 25.1. The molecule has 2 saturated heterocycles. The van der Waals surface area contributed by atoms with E-state index in [1.54, 1.807) is 0 Å². The molecule has 4 rings (SSSR count). The van der Waals surface area contributed by atoms with Gasteiger partial charge in [0.15, 0.2) is 11.5 Å². The third-order valence-corrected chi connectivity index (χ3v) is 7.76. The second kappa shape index (κ2) is 12.0. The van der Waals surface area contributed by atoms with Crippen molar-refractivity contribution in [2.45, 2.75) is 22.0 Å². The van der Waals surface area contributed by atoms with Crippen LogP contribution in [0.4, 0.5) is 0 Å². The van der Waals surface area contributed by atoms with Crippen LogP contribution in [0, 0.1) is 0 Å². The fourth-order valence-corrected chi connectivity index (χ4v) is 5.77. The molecule has 2 unspecified atom stereocenters. The van der Waals surface area contributed by atoms with Crippen LogP contribution in [0.2, 0.25) is 20.1 Å². The minimum absolute atomic E-state index is 0.0374. The predicted molar refractivity (Wildman–Crippen MR) is 130 cm³/mol. The van der Waals surface area contributed by atoms with Crippen molar-refractivity contribution >= 4 is 56.2 Å². The fourth-order valence-electron chi connectivity index (χ4n) is 2.96. The molecule has 0 radical (unpaired) electrons. The van der Waals surface area contributed by atoms with Crippen LogP contribution < -0.4 is 9.47 Å². The molecule has 0 spiro atoms. The molecule has 192 valence electrons. The van der Waals surface area contributed by atoms with Gasteiger partial charge in [-0.15, -0.1) is 0 Å². The molecular weight excluding hydrogens is 566 g/mol. The fraction of sp³-hybridized carbons (Fsp3) is 0.455. The Morgan fingerprint density at radius 1 is 0.686 bits per heavy atom. The highest BCUT2D eigenvalue weighted by molar-refractivity contribution is 7.91. The van der Waals surface area contributed by atoms with Gasteiger partial charge in [-0.3, -0.25) is 0 Å². The quantitative estimate of drug-likeness (QED) is 0.231. The smallest absolute Gasteiger partial charge is 0.206 e. The first kappa shape index (κ1) is 27.0. The minimum atomic E-state index is -4.05. The summed E-state index contributed by atoms with van der Waals surface area (Å²) in [4.78, 5) is -0.281. The molecule has 2 aliphatic rings. The Kier molecular flexibility index (Phi) is 9.29. The monoisotopic (exact) mass is 586 g/mol. The summed E-state index contributed by atoms with van der Waals surface area (Å²) in [7, 11) is -4.05. The zero-order chi connectivity index (χ0) is 25.0. The lowest BCUT2D eigenvalue weighted by Gasteiger charge is -2.14. The predicted octanol–water partition coefficient (Wildman–Crippen LogP) is 4.72. The van der Waals surface area contributed by atoms with Gasteiger partial charge in [0.05, 0.1) is 69.5 Å². The lowest BCUT2D eigenvalue weighted by Crippen LogP contribution is -2.11. The van der Waals surface area contributed by atoms with E-state index in [9.17, 15) is 8.42 Å². The van der Waals surface area contributed by atoms with Crippen molar-refractivity contribution in [3.8, 4) is 11.5 Å². The van der Waals surface area contributed by atoms with Gasteiger partial charge in [-0.25, -0.2) is 8.42 Å². The second-order valence-electron chi connectivity index (χ2n) is 7.69. The number of sulfone groups is 1. The van der Waals surface area contributed by atoms with Crippen molar-refractivity contribution in [1.29, 1.82) is 0 Å². The Balaban J connectivity index is 1.40. The van der Waals surface area contributed by atoms with Crippen molar-refractivity contribution in [3.05, 3.63) is 44.4 Å². The topological polar surface area (TPSA) is 96.1 Å². The Morgan fingerprint density at radius 2 is 1.03 bits per heavy atom. The number of hydrogen-bond acceptors (Lipinski definition) is 8. The summed E-state index contributed by atoms with van der Waals surface area (Å²) in [5.41, 5.74) is 0. The van der Waals surface area contributed by atoms with Gasteiger partial charge in [0.1, 0.15) is 25.4 Å². The van der Waals surface area contributed by atoms with E-state index < -0.39 is 9.84 Å². The zero-order valence-corrected chi connectivity index (χ0v) is 22.1. The summed E-state index contributed by atoms with van der Waals surface area (Å²) in [6.07, 6.45) is 0.298. The molecule has 2 aromatic rings. The Labute approximate surface area is 223 Å². The molecule has 8 nitrogen and oxygen atoms in total. The van der Waals surface area contributed by atoms with Crippen LogP contribution in [0.1, 0.15) is 0 Å². The summed E-state index contributed by atoms with van der Waals surface area (Å²) in [5.74, 6) is 0.322. The normalized spacial score (nSPS) is 19.0. The molecule has 2 heterocycles. The van der Waals surface area contributed by atoms with E-state index in [1.165, 1.54) is 24.3 Å². The van der Waals surface area contributed by atoms with Crippen LogP contribution in [0.15, 0.2) is 34.1 Å². The molecule has 0 bridgehead atoms. The standard InChI is InChI=1S/C22H22Cl4O8S/c23-17-5-15(6-18(24)21(17)31-3-1-29-9-13-11-33-13)35(27,28)16-7-19(25)22(20(26)8-16)32-4-2-30-10-14-12-34-14/h5-8,13-14H,1-4,9-12H2. The Bertz CT molecular complexity index is 1020. The largest absolute Gasteiger partial charge is 0.488 e.